The van der Waals surface area contributed by atoms with Crippen LogP contribution in [0.25, 0.3) is 11.5 Å². The molecule has 0 radical (unpaired) electrons. The molecule has 0 aliphatic rings. The maximum absolute atomic E-state index is 5.59. The van der Waals surface area contributed by atoms with Crippen molar-refractivity contribution in [2.45, 2.75) is 33.5 Å². The number of hydrogen-bond donors (Lipinski definition) is 2. The highest BCUT2D eigenvalue weighted by Crippen LogP contribution is 2.17. The molecule has 0 aliphatic heterocycles. The van der Waals surface area contributed by atoms with Gasteiger partial charge in [0, 0.05) is 25.7 Å². The molecule has 0 saturated heterocycles. The van der Waals surface area contributed by atoms with Gasteiger partial charge in [-0.1, -0.05) is 56.3 Å². The first-order valence-corrected chi connectivity index (χ1v) is 10.5. The molecule has 1 aromatic heterocycles. The summed E-state index contributed by atoms with van der Waals surface area (Å²) in [5.41, 5.74) is 4.35. The highest BCUT2D eigenvalue weighted by molar-refractivity contribution is 5.79. The van der Waals surface area contributed by atoms with Crippen LogP contribution in [0.4, 0.5) is 0 Å². The molecule has 158 valence electrons. The highest BCUT2D eigenvalue weighted by atomic mass is 16.3. The fourth-order valence-electron chi connectivity index (χ4n) is 3.15. The maximum Gasteiger partial charge on any atom is 0.226 e. The molecule has 3 rings (SSSR count). The largest absolute Gasteiger partial charge is 0.444 e. The first-order valence-electron chi connectivity index (χ1n) is 10.5. The Labute approximate surface area is 179 Å². The zero-order valence-electron chi connectivity index (χ0n) is 18.1. The molecule has 0 amide bonds. The van der Waals surface area contributed by atoms with E-state index >= 15 is 0 Å². The third-order valence-electron chi connectivity index (χ3n) is 5.02. The van der Waals surface area contributed by atoms with Crippen LogP contribution in [0, 0.1) is 0 Å². The number of nitrogens with zero attached hydrogens (tertiary/aromatic N) is 3. The van der Waals surface area contributed by atoms with Gasteiger partial charge in [0.2, 0.25) is 5.89 Å². The average Bonchev–Trinajstić information content (AvgIpc) is 3.28. The van der Waals surface area contributed by atoms with Crippen LogP contribution in [0.15, 0.2) is 70.3 Å². The number of hydrogen-bond acceptors (Lipinski definition) is 4. The van der Waals surface area contributed by atoms with E-state index in [9.17, 15) is 0 Å². The molecular formula is C24H31N5O. The Bertz CT molecular complexity index is 914. The van der Waals surface area contributed by atoms with Crippen molar-refractivity contribution in [1.29, 1.82) is 0 Å². The SMILES string of the molecule is CCN(CC)Cc1ccc(CNC(=NC)NCc2coc(-c3ccccc3)n2)cc1. The van der Waals surface area contributed by atoms with Crippen molar-refractivity contribution in [2.24, 2.45) is 4.99 Å². The van der Waals surface area contributed by atoms with Gasteiger partial charge in [0.05, 0.1) is 12.2 Å². The van der Waals surface area contributed by atoms with Crippen LogP contribution in [0.5, 0.6) is 0 Å². The van der Waals surface area contributed by atoms with Gasteiger partial charge in [-0.25, -0.2) is 4.98 Å². The maximum atomic E-state index is 5.59. The van der Waals surface area contributed by atoms with E-state index in [-0.39, 0.29) is 0 Å². The molecule has 0 aliphatic carbocycles. The van der Waals surface area contributed by atoms with E-state index in [1.807, 2.05) is 30.3 Å². The van der Waals surface area contributed by atoms with Crippen LogP contribution >= 0.6 is 0 Å². The zero-order chi connectivity index (χ0) is 21.2. The molecule has 0 unspecified atom stereocenters. The molecule has 3 aromatic rings. The Kier molecular flexibility index (Phi) is 8.03. The monoisotopic (exact) mass is 405 g/mol. The van der Waals surface area contributed by atoms with Crippen LogP contribution in [0.1, 0.15) is 30.7 Å². The van der Waals surface area contributed by atoms with Gasteiger partial charge in [0.25, 0.3) is 0 Å². The van der Waals surface area contributed by atoms with E-state index < -0.39 is 0 Å². The van der Waals surface area contributed by atoms with Gasteiger partial charge < -0.3 is 15.1 Å². The van der Waals surface area contributed by atoms with Crippen molar-refractivity contribution in [1.82, 2.24) is 20.5 Å². The van der Waals surface area contributed by atoms with E-state index in [1.165, 1.54) is 11.1 Å². The van der Waals surface area contributed by atoms with Crippen molar-refractivity contribution in [3.05, 3.63) is 77.7 Å². The Morgan fingerprint density at radius 3 is 2.27 bits per heavy atom. The molecule has 6 nitrogen and oxygen atoms in total. The molecule has 6 heteroatoms. The normalized spacial score (nSPS) is 11.7. The van der Waals surface area contributed by atoms with Crippen molar-refractivity contribution in [2.75, 3.05) is 20.1 Å². The van der Waals surface area contributed by atoms with Gasteiger partial charge in [0.1, 0.15) is 6.26 Å². The summed E-state index contributed by atoms with van der Waals surface area (Å²) in [6, 6.07) is 18.6. The van der Waals surface area contributed by atoms with Gasteiger partial charge in [-0.2, -0.15) is 0 Å². The van der Waals surface area contributed by atoms with E-state index in [4.69, 9.17) is 4.42 Å². The van der Waals surface area contributed by atoms with Gasteiger partial charge in [0.15, 0.2) is 5.96 Å². The summed E-state index contributed by atoms with van der Waals surface area (Å²) in [7, 11) is 1.76. The van der Waals surface area contributed by atoms with Gasteiger partial charge >= 0.3 is 0 Å². The van der Waals surface area contributed by atoms with Crippen LogP contribution in [0.2, 0.25) is 0 Å². The van der Waals surface area contributed by atoms with Crippen LogP contribution < -0.4 is 10.6 Å². The summed E-state index contributed by atoms with van der Waals surface area (Å²) < 4.78 is 5.59. The molecule has 2 aromatic carbocycles. The molecule has 0 atom stereocenters. The summed E-state index contributed by atoms with van der Waals surface area (Å²) in [6.45, 7) is 8.77. The van der Waals surface area contributed by atoms with E-state index in [2.05, 4.69) is 63.6 Å². The molecule has 30 heavy (non-hydrogen) atoms. The Morgan fingerprint density at radius 1 is 0.933 bits per heavy atom. The van der Waals surface area contributed by atoms with Gasteiger partial charge in [-0.05, 0) is 36.3 Å². The van der Waals surface area contributed by atoms with Crippen molar-refractivity contribution < 1.29 is 4.42 Å². The number of aliphatic imine (C=N–C) groups is 1. The molecule has 2 N–H and O–H groups in total. The molecule has 0 bridgehead atoms. The minimum absolute atomic E-state index is 0.540. The highest BCUT2D eigenvalue weighted by Gasteiger charge is 2.07. The average molecular weight is 406 g/mol. The minimum Gasteiger partial charge on any atom is -0.444 e. The summed E-state index contributed by atoms with van der Waals surface area (Å²) >= 11 is 0. The lowest BCUT2D eigenvalue weighted by molar-refractivity contribution is 0.296. The second kappa shape index (κ2) is 11.2. The first-order chi connectivity index (χ1) is 14.7. The van der Waals surface area contributed by atoms with E-state index in [0.29, 0.717) is 19.0 Å². The van der Waals surface area contributed by atoms with Crippen LogP contribution in [0.3, 0.4) is 0 Å². The van der Waals surface area contributed by atoms with Crippen LogP contribution in [-0.4, -0.2) is 36.0 Å². The standard InChI is InChI=1S/C24H31N5O/c1-4-29(5-2)17-20-13-11-19(12-14-20)15-26-24(25-3)27-16-22-18-30-23(28-22)21-9-7-6-8-10-21/h6-14,18H,4-5,15-17H2,1-3H3,(H2,25,26,27). The van der Waals surface area contributed by atoms with Crippen molar-refractivity contribution in [3.8, 4) is 11.5 Å². The molecular weight excluding hydrogens is 374 g/mol. The Morgan fingerprint density at radius 2 is 1.60 bits per heavy atom. The quantitative estimate of drug-likeness (QED) is 0.415. The molecule has 0 fully saturated rings. The molecule has 0 saturated carbocycles. The predicted molar refractivity (Wildman–Crippen MR) is 122 cm³/mol. The summed E-state index contributed by atoms with van der Waals surface area (Å²) in [4.78, 5) is 11.2. The minimum atomic E-state index is 0.540. The third kappa shape index (κ3) is 6.19. The smallest absolute Gasteiger partial charge is 0.226 e. The van der Waals surface area contributed by atoms with E-state index in [0.717, 1.165) is 36.9 Å². The number of nitrogens with one attached hydrogen (secondary N) is 2. The lowest BCUT2D eigenvalue weighted by atomic mass is 10.1. The number of guanidine groups is 1. The summed E-state index contributed by atoms with van der Waals surface area (Å²) in [5, 5.41) is 6.63. The number of oxazole rings is 1. The lowest BCUT2D eigenvalue weighted by Crippen LogP contribution is -2.36. The fourth-order valence-corrected chi connectivity index (χ4v) is 3.15. The Hall–Kier alpha value is -3.12. The van der Waals surface area contributed by atoms with Gasteiger partial charge in [-0.3, -0.25) is 9.89 Å². The third-order valence-corrected chi connectivity index (χ3v) is 5.02. The number of rotatable bonds is 9. The van der Waals surface area contributed by atoms with Gasteiger partial charge in [-0.15, -0.1) is 0 Å². The summed E-state index contributed by atoms with van der Waals surface area (Å²) in [5.74, 6) is 1.35. The van der Waals surface area contributed by atoms with Crippen molar-refractivity contribution in [3.63, 3.8) is 0 Å². The molecule has 0 spiro atoms. The zero-order valence-corrected chi connectivity index (χ0v) is 18.1. The fraction of sp³-hybridized carbons (Fsp3) is 0.333. The van der Waals surface area contributed by atoms with Crippen molar-refractivity contribution >= 4 is 5.96 Å². The Balaban J connectivity index is 1.48. The van der Waals surface area contributed by atoms with E-state index in [1.54, 1.807) is 13.3 Å². The predicted octanol–water partition coefficient (Wildman–Crippen LogP) is 4.05. The second-order valence-corrected chi connectivity index (χ2v) is 7.07. The molecule has 1 heterocycles. The summed E-state index contributed by atoms with van der Waals surface area (Å²) in [6.07, 6.45) is 1.68. The number of benzene rings is 2. The second-order valence-electron chi connectivity index (χ2n) is 7.07. The van der Waals surface area contributed by atoms with Crippen LogP contribution in [-0.2, 0) is 19.6 Å². The first kappa shape index (κ1) is 21.6. The lowest BCUT2D eigenvalue weighted by Gasteiger charge is -2.18. The number of aromatic nitrogens is 1. The topological polar surface area (TPSA) is 65.7 Å².